The number of rotatable bonds is 7. The largest absolute Gasteiger partial charge is 0.354 e. The fourth-order valence-electron chi connectivity index (χ4n) is 2.99. The van der Waals surface area contributed by atoms with Gasteiger partial charge in [-0.25, -0.2) is 0 Å². The highest BCUT2D eigenvalue weighted by Crippen LogP contribution is 2.22. The Labute approximate surface area is 147 Å². The van der Waals surface area contributed by atoms with E-state index in [4.69, 9.17) is 0 Å². The highest BCUT2D eigenvalue weighted by Gasteiger charge is 2.14. The van der Waals surface area contributed by atoms with E-state index in [1.807, 2.05) is 66.1 Å². The van der Waals surface area contributed by atoms with E-state index in [-0.39, 0.29) is 18.2 Å². The molecule has 0 aliphatic rings. The van der Waals surface area contributed by atoms with Gasteiger partial charge in [-0.15, -0.1) is 0 Å². The maximum atomic E-state index is 12.3. The van der Waals surface area contributed by atoms with Crippen LogP contribution in [0.5, 0.6) is 0 Å². The monoisotopic (exact) mass is 334 g/mol. The predicted octanol–water partition coefficient (Wildman–Crippen LogP) is 3.59. The molecule has 0 atom stereocenters. The van der Waals surface area contributed by atoms with Crippen molar-refractivity contribution in [2.45, 2.75) is 26.3 Å². The SMILES string of the molecule is CCC(=O)c1cn(CC(=O)NCCc2ccccc2)c2ccccc12. The Morgan fingerprint density at radius 3 is 2.48 bits per heavy atom. The van der Waals surface area contributed by atoms with Crippen molar-refractivity contribution in [3.05, 3.63) is 71.9 Å². The number of hydrogen-bond donors (Lipinski definition) is 1. The molecule has 25 heavy (non-hydrogen) atoms. The van der Waals surface area contributed by atoms with Gasteiger partial charge in [0.25, 0.3) is 0 Å². The number of para-hydroxylation sites is 1. The lowest BCUT2D eigenvalue weighted by molar-refractivity contribution is -0.121. The molecule has 1 aromatic heterocycles. The summed E-state index contributed by atoms with van der Waals surface area (Å²) in [6, 6.07) is 17.8. The molecule has 3 rings (SSSR count). The summed E-state index contributed by atoms with van der Waals surface area (Å²) in [5.41, 5.74) is 2.80. The maximum absolute atomic E-state index is 12.3. The van der Waals surface area contributed by atoms with Crippen LogP contribution in [0.2, 0.25) is 0 Å². The zero-order valence-corrected chi connectivity index (χ0v) is 14.4. The van der Waals surface area contributed by atoms with Crippen molar-refractivity contribution in [2.24, 2.45) is 0 Å². The number of nitrogens with one attached hydrogen (secondary N) is 1. The second-order valence-corrected chi connectivity index (χ2v) is 6.05. The Morgan fingerprint density at radius 1 is 1.00 bits per heavy atom. The average molecular weight is 334 g/mol. The van der Waals surface area contributed by atoms with E-state index >= 15 is 0 Å². The second-order valence-electron chi connectivity index (χ2n) is 6.05. The van der Waals surface area contributed by atoms with E-state index in [1.165, 1.54) is 5.56 Å². The standard InChI is InChI=1S/C21H22N2O2/c1-2-20(24)18-14-23(19-11-7-6-10-17(18)19)15-21(25)22-13-12-16-8-4-3-5-9-16/h3-11,14H,2,12-13,15H2,1H3,(H,22,25). The lowest BCUT2D eigenvalue weighted by Crippen LogP contribution is -2.29. The molecule has 1 N–H and O–H groups in total. The molecule has 2 aromatic carbocycles. The molecule has 128 valence electrons. The van der Waals surface area contributed by atoms with Gasteiger partial charge in [0, 0.05) is 35.6 Å². The van der Waals surface area contributed by atoms with Crippen LogP contribution in [0.4, 0.5) is 0 Å². The molecule has 0 unspecified atom stereocenters. The van der Waals surface area contributed by atoms with Crippen LogP contribution < -0.4 is 5.32 Å². The number of hydrogen-bond acceptors (Lipinski definition) is 2. The number of fused-ring (bicyclic) bond motifs is 1. The maximum Gasteiger partial charge on any atom is 0.239 e. The number of amides is 1. The van der Waals surface area contributed by atoms with Crippen molar-refractivity contribution in [1.82, 2.24) is 9.88 Å². The van der Waals surface area contributed by atoms with Gasteiger partial charge in [0.2, 0.25) is 5.91 Å². The molecule has 0 fully saturated rings. The van der Waals surface area contributed by atoms with Crippen LogP contribution in [0.25, 0.3) is 10.9 Å². The van der Waals surface area contributed by atoms with Crippen LogP contribution in [-0.2, 0) is 17.8 Å². The molecular weight excluding hydrogens is 312 g/mol. The summed E-state index contributed by atoms with van der Waals surface area (Å²) in [5, 5.41) is 3.86. The number of Topliss-reactive ketones (excluding diaryl/α,β-unsaturated/α-hetero) is 1. The molecule has 0 spiro atoms. The van der Waals surface area contributed by atoms with Crippen LogP contribution in [-0.4, -0.2) is 22.8 Å². The molecule has 1 heterocycles. The Bertz CT molecular complexity index is 881. The third-order valence-corrected chi connectivity index (χ3v) is 4.30. The summed E-state index contributed by atoms with van der Waals surface area (Å²) < 4.78 is 1.86. The topological polar surface area (TPSA) is 51.1 Å². The molecule has 0 radical (unpaired) electrons. The predicted molar refractivity (Wildman–Crippen MR) is 99.7 cm³/mol. The number of carbonyl (C=O) groups excluding carboxylic acids is 2. The molecule has 3 aromatic rings. The van der Waals surface area contributed by atoms with Crippen molar-refractivity contribution in [3.63, 3.8) is 0 Å². The van der Waals surface area contributed by atoms with Gasteiger partial charge < -0.3 is 9.88 Å². The lowest BCUT2D eigenvalue weighted by Gasteiger charge is -2.07. The quantitative estimate of drug-likeness (QED) is 0.671. The Morgan fingerprint density at radius 2 is 1.72 bits per heavy atom. The van der Waals surface area contributed by atoms with E-state index in [0.717, 1.165) is 17.3 Å². The van der Waals surface area contributed by atoms with Gasteiger partial charge in [0.15, 0.2) is 5.78 Å². The summed E-state index contributed by atoms with van der Waals surface area (Å²) >= 11 is 0. The first-order chi connectivity index (χ1) is 12.2. The van der Waals surface area contributed by atoms with Gasteiger partial charge >= 0.3 is 0 Å². The smallest absolute Gasteiger partial charge is 0.239 e. The first-order valence-electron chi connectivity index (χ1n) is 8.60. The van der Waals surface area contributed by atoms with Crippen LogP contribution in [0.1, 0.15) is 29.3 Å². The summed E-state index contributed by atoms with van der Waals surface area (Å²) in [4.78, 5) is 24.4. The number of benzene rings is 2. The third-order valence-electron chi connectivity index (χ3n) is 4.30. The van der Waals surface area contributed by atoms with Crippen LogP contribution in [0.15, 0.2) is 60.8 Å². The van der Waals surface area contributed by atoms with Gasteiger partial charge in [-0.3, -0.25) is 9.59 Å². The van der Waals surface area contributed by atoms with Crippen molar-refractivity contribution in [3.8, 4) is 0 Å². The summed E-state index contributed by atoms with van der Waals surface area (Å²) in [5.74, 6) is 0.0478. The normalized spacial score (nSPS) is 10.8. The van der Waals surface area contributed by atoms with Gasteiger partial charge in [-0.1, -0.05) is 55.5 Å². The highest BCUT2D eigenvalue weighted by molar-refractivity contribution is 6.08. The molecule has 0 saturated carbocycles. The van der Waals surface area contributed by atoms with Crippen LogP contribution >= 0.6 is 0 Å². The first-order valence-corrected chi connectivity index (χ1v) is 8.60. The molecule has 0 aliphatic heterocycles. The molecule has 0 saturated heterocycles. The fraction of sp³-hybridized carbons (Fsp3) is 0.238. The van der Waals surface area contributed by atoms with E-state index in [2.05, 4.69) is 5.32 Å². The minimum atomic E-state index is -0.0489. The Balaban J connectivity index is 1.68. The Kier molecular flexibility index (Phi) is 5.29. The van der Waals surface area contributed by atoms with Crippen molar-refractivity contribution < 1.29 is 9.59 Å². The first kappa shape index (κ1) is 17.0. The third kappa shape index (κ3) is 3.97. The highest BCUT2D eigenvalue weighted by atomic mass is 16.2. The molecule has 4 heteroatoms. The summed E-state index contributed by atoms with van der Waals surface area (Å²) in [7, 11) is 0. The van der Waals surface area contributed by atoms with Gasteiger partial charge in [0.1, 0.15) is 6.54 Å². The molecule has 0 aliphatic carbocycles. The van der Waals surface area contributed by atoms with E-state index in [1.54, 1.807) is 6.20 Å². The lowest BCUT2D eigenvalue weighted by atomic mass is 10.1. The summed E-state index contributed by atoms with van der Waals surface area (Å²) in [6.07, 6.45) is 3.06. The minimum absolute atomic E-state index is 0.0489. The summed E-state index contributed by atoms with van der Waals surface area (Å²) in [6.45, 7) is 2.67. The zero-order valence-electron chi connectivity index (χ0n) is 14.4. The average Bonchev–Trinajstić information content (AvgIpc) is 3.01. The van der Waals surface area contributed by atoms with E-state index < -0.39 is 0 Å². The fourth-order valence-corrected chi connectivity index (χ4v) is 2.99. The minimum Gasteiger partial charge on any atom is -0.354 e. The van der Waals surface area contributed by atoms with Crippen molar-refractivity contribution in [2.75, 3.05) is 6.54 Å². The number of nitrogens with zero attached hydrogens (tertiary/aromatic N) is 1. The van der Waals surface area contributed by atoms with E-state index in [9.17, 15) is 9.59 Å². The molecule has 4 nitrogen and oxygen atoms in total. The number of aromatic nitrogens is 1. The zero-order chi connectivity index (χ0) is 17.6. The Hall–Kier alpha value is -2.88. The molecular formula is C21H22N2O2. The van der Waals surface area contributed by atoms with Gasteiger partial charge in [-0.05, 0) is 18.1 Å². The second kappa shape index (κ2) is 7.79. The van der Waals surface area contributed by atoms with Crippen LogP contribution in [0, 0.1) is 0 Å². The van der Waals surface area contributed by atoms with Gasteiger partial charge in [0.05, 0.1) is 0 Å². The number of ketones is 1. The van der Waals surface area contributed by atoms with Crippen LogP contribution in [0.3, 0.4) is 0 Å². The molecule has 0 bridgehead atoms. The van der Waals surface area contributed by atoms with E-state index in [0.29, 0.717) is 18.5 Å². The van der Waals surface area contributed by atoms with Gasteiger partial charge in [-0.2, -0.15) is 0 Å². The molecule has 1 amide bonds. The van der Waals surface area contributed by atoms with Crippen molar-refractivity contribution >= 4 is 22.6 Å². The number of carbonyl (C=O) groups is 2. The van der Waals surface area contributed by atoms with Crippen molar-refractivity contribution in [1.29, 1.82) is 0 Å².